The lowest BCUT2D eigenvalue weighted by Crippen LogP contribution is -2.32. The Bertz CT molecular complexity index is 231. The molecule has 16 heavy (non-hydrogen) atoms. The second-order valence-corrected chi connectivity index (χ2v) is 6.07. The van der Waals surface area contributed by atoms with Gasteiger partial charge in [0.05, 0.1) is 13.2 Å². The van der Waals surface area contributed by atoms with Crippen LogP contribution in [0.1, 0.15) is 40.5 Å². The van der Waals surface area contributed by atoms with Crippen molar-refractivity contribution in [1.29, 1.82) is 0 Å². The van der Waals surface area contributed by atoms with E-state index in [1.165, 1.54) is 12.0 Å². The molecule has 1 N–H and O–H groups in total. The van der Waals surface area contributed by atoms with Crippen molar-refractivity contribution in [3.05, 3.63) is 11.6 Å². The second kappa shape index (κ2) is 6.41. The maximum absolute atomic E-state index is 5.42. The first kappa shape index (κ1) is 13.7. The smallest absolute Gasteiger partial charge is 0.0689 e. The molecule has 0 aromatic heterocycles. The normalized spacial score (nSPS) is 17.7. The number of ether oxygens (including phenoxy) is 1. The molecule has 0 spiro atoms. The third-order valence-electron chi connectivity index (χ3n) is 2.90. The highest BCUT2D eigenvalue weighted by Gasteiger charge is 2.18. The van der Waals surface area contributed by atoms with Crippen LogP contribution in [0.5, 0.6) is 0 Å². The molecule has 0 aromatic carbocycles. The largest absolute Gasteiger partial charge is 0.377 e. The zero-order valence-electron chi connectivity index (χ0n) is 11.3. The maximum Gasteiger partial charge on any atom is 0.0689 e. The molecule has 0 fully saturated rings. The fourth-order valence-electron chi connectivity index (χ4n) is 2.47. The van der Waals surface area contributed by atoms with Gasteiger partial charge in [-0.05, 0) is 29.7 Å². The summed E-state index contributed by atoms with van der Waals surface area (Å²) in [6.07, 6.45) is 4.66. The van der Waals surface area contributed by atoms with Crippen LogP contribution < -0.4 is 5.32 Å². The van der Waals surface area contributed by atoms with Crippen molar-refractivity contribution in [2.45, 2.75) is 40.5 Å². The minimum atomic E-state index is 0.393. The molecule has 0 atom stereocenters. The molecular weight excluding hydrogens is 198 g/mol. The number of nitrogens with one attached hydrogen (secondary N) is 1. The van der Waals surface area contributed by atoms with E-state index in [4.69, 9.17) is 4.74 Å². The monoisotopic (exact) mass is 225 g/mol. The molecule has 2 heteroatoms. The Morgan fingerprint density at radius 3 is 2.75 bits per heavy atom. The summed E-state index contributed by atoms with van der Waals surface area (Å²) in [6.45, 7) is 13.0. The lowest BCUT2D eigenvalue weighted by molar-refractivity contribution is 0.148. The van der Waals surface area contributed by atoms with Crippen LogP contribution in [0, 0.1) is 11.3 Å². The Hall–Kier alpha value is -0.340. The first-order valence-electron chi connectivity index (χ1n) is 6.46. The molecular formula is C14H27NO. The van der Waals surface area contributed by atoms with Gasteiger partial charge >= 0.3 is 0 Å². The Balaban J connectivity index is 2.21. The van der Waals surface area contributed by atoms with E-state index in [1.807, 2.05) is 0 Å². The fraction of sp³-hybridized carbons (Fsp3) is 0.857. The van der Waals surface area contributed by atoms with Crippen LogP contribution in [0.15, 0.2) is 11.6 Å². The van der Waals surface area contributed by atoms with E-state index in [9.17, 15) is 0 Å². The Kier molecular flexibility index (Phi) is 5.50. The van der Waals surface area contributed by atoms with E-state index in [-0.39, 0.29) is 0 Å². The summed E-state index contributed by atoms with van der Waals surface area (Å²) < 4.78 is 5.42. The van der Waals surface area contributed by atoms with Gasteiger partial charge in [0.2, 0.25) is 0 Å². The van der Waals surface area contributed by atoms with Crippen molar-refractivity contribution in [3.8, 4) is 0 Å². The minimum absolute atomic E-state index is 0.393. The third kappa shape index (κ3) is 5.66. The molecule has 0 saturated carbocycles. The predicted molar refractivity (Wildman–Crippen MR) is 69.6 cm³/mol. The summed E-state index contributed by atoms with van der Waals surface area (Å²) in [6, 6.07) is 0. The van der Waals surface area contributed by atoms with Gasteiger partial charge in [0, 0.05) is 13.1 Å². The molecule has 0 amide bonds. The molecule has 1 aliphatic rings. The van der Waals surface area contributed by atoms with Crippen molar-refractivity contribution in [2.24, 2.45) is 11.3 Å². The summed E-state index contributed by atoms with van der Waals surface area (Å²) in [5.74, 6) is 0.772. The zero-order valence-corrected chi connectivity index (χ0v) is 11.3. The van der Waals surface area contributed by atoms with Crippen molar-refractivity contribution in [3.63, 3.8) is 0 Å². The molecule has 94 valence electrons. The summed E-state index contributed by atoms with van der Waals surface area (Å²) in [5, 5.41) is 3.55. The zero-order chi connectivity index (χ0) is 12.0. The van der Waals surface area contributed by atoms with E-state index in [1.54, 1.807) is 0 Å². The van der Waals surface area contributed by atoms with Crippen LogP contribution >= 0.6 is 0 Å². The summed E-state index contributed by atoms with van der Waals surface area (Å²) in [7, 11) is 0. The highest BCUT2D eigenvalue weighted by atomic mass is 16.5. The summed E-state index contributed by atoms with van der Waals surface area (Å²) in [4.78, 5) is 0. The topological polar surface area (TPSA) is 21.3 Å². The first-order chi connectivity index (χ1) is 7.49. The van der Waals surface area contributed by atoms with Gasteiger partial charge in [-0.25, -0.2) is 0 Å². The maximum atomic E-state index is 5.42. The van der Waals surface area contributed by atoms with Crippen molar-refractivity contribution >= 4 is 0 Å². The van der Waals surface area contributed by atoms with Crippen LogP contribution in [0.25, 0.3) is 0 Å². The van der Waals surface area contributed by atoms with Gasteiger partial charge in [0.25, 0.3) is 0 Å². The van der Waals surface area contributed by atoms with Crippen LogP contribution in [0.4, 0.5) is 0 Å². The van der Waals surface area contributed by atoms with Crippen LogP contribution in [0.3, 0.4) is 0 Å². The van der Waals surface area contributed by atoms with Crippen molar-refractivity contribution in [2.75, 3.05) is 26.3 Å². The molecule has 1 heterocycles. The molecule has 1 rings (SSSR count). The number of rotatable bonds is 6. The van der Waals surface area contributed by atoms with E-state index < -0.39 is 0 Å². The first-order valence-corrected chi connectivity index (χ1v) is 6.46. The van der Waals surface area contributed by atoms with Gasteiger partial charge < -0.3 is 10.1 Å². The fourth-order valence-corrected chi connectivity index (χ4v) is 2.47. The van der Waals surface area contributed by atoms with E-state index in [2.05, 4.69) is 39.1 Å². The molecule has 0 unspecified atom stereocenters. The van der Waals surface area contributed by atoms with Crippen molar-refractivity contribution in [1.82, 2.24) is 5.32 Å². The van der Waals surface area contributed by atoms with Crippen LogP contribution in [0.2, 0.25) is 0 Å². The van der Waals surface area contributed by atoms with E-state index in [0.717, 1.165) is 38.6 Å². The predicted octanol–water partition coefficient (Wildman–Crippen LogP) is 3.00. The molecule has 0 bridgehead atoms. The highest BCUT2D eigenvalue weighted by molar-refractivity contribution is 5.06. The van der Waals surface area contributed by atoms with Crippen LogP contribution in [-0.4, -0.2) is 26.3 Å². The van der Waals surface area contributed by atoms with Gasteiger partial charge in [0.15, 0.2) is 0 Å². The molecule has 0 aliphatic carbocycles. The number of hydrogen-bond acceptors (Lipinski definition) is 2. The Morgan fingerprint density at radius 2 is 2.19 bits per heavy atom. The standard InChI is InChI=1S/C14H27NO/c1-12(2)8-14(3,4)11-15-9-13-6-5-7-16-10-13/h6,12,15H,5,7-11H2,1-4H3. The average molecular weight is 225 g/mol. The summed E-state index contributed by atoms with van der Waals surface area (Å²) in [5.41, 5.74) is 1.80. The minimum Gasteiger partial charge on any atom is -0.377 e. The number of hydrogen-bond donors (Lipinski definition) is 1. The SMILES string of the molecule is CC(C)CC(C)(C)CNCC1=CCCOC1. The van der Waals surface area contributed by atoms with Gasteiger partial charge in [-0.2, -0.15) is 0 Å². The summed E-state index contributed by atoms with van der Waals surface area (Å²) >= 11 is 0. The van der Waals surface area contributed by atoms with Gasteiger partial charge in [-0.15, -0.1) is 0 Å². The van der Waals surface area contributed by atoms with Crippen molar-refractivity contribution < 1.29 is 4.74 Å². The van der Waals surface area contributed by atoms with Gasteiger partial charge in [-0.3, -0.25) is 0 Å². The Labute approximate surface area is 100 Å². The van der Waals surface area contributed by atoms with Crippen LogP contribution in [-0.2, 0) is 4.74 Å². The van der Waals surface area contributed by atoms with E-state index >= 15 is 0 Å². The van der Waals surface area contributed by atoms with E-state index in [0.29, 0.717) is 5.41 Å². The average Bonchev–Trinajstić information content (AvgIpc) is 2.16. The lowest BCUT2D eigenvalue weighted by Gasteiger charge is -2.27. The lowest BCUT2D eigenvalue weighted by atomic mass is 9.84. The molecule has 0 radical (unpaired) electrons. The van der Waals surface area contributed by atoms with Gasteiger partial charge in [0.1, 0.15) is 0 Å². The highest BCUT2D eigenvalue weighted by Crippen LogP contribution is 2.24. The second-order valence-electron chi connectivity index (χ2n) is 6.07. The molecule has 0 saturated heterocycles. The third-order valence-corrected chi connectivity index (χ3v) is 2.90. The molecule has 1 aliphatic heterocycles. The quantitative estimate of drug-likeness (QED) is 0.702. The Morgan fingerprint density at radius 1 is 1.44 bits per heavy atom. The molecule has 0 aromatic rings. The van der Waals surface area contributed by atoms with Gasteiger partial charge in [-0.1, -0.05) is 33.8 Å². The molecule has 2 nitrogen and oxygen atoms in total.